The molecular formula is C27H36O5Si. The van der Waals surface area contributed by atoms with E-state index in [9.17, 15) is 9.90 Å². The number of aliphatic hydroxyl groups excluding tert-OH is 1. The predicted octanol–water partition coefficient (Wildman–Crippen LogP) is 6.30. The molecule has 33 heavy (non-hydrogen) atoms. The molecule has 178 valence electrons. The van der Waals surface area contributed by atoms with Crippen LogP contribution in [0, 0.1) is 0 Å². The normalized spacial score (nSPS) is 19.1. The zero-order chi connectivity index (χ0) is 24.1. The second-order valence-electron chi connectivity index (χ2n) is 10.2. The van der Waals surface area contributed by atoms with Gasteiger partial charge in [-0.3, -0.25) is 0 Å². The number of carbonyl (C=O) groups is 1. The second kappa shape index (κ2) is 10.1. The van der Waals surface area contributed by atoms with Crippen LogP contribution in [0.1, 0.15) is 44.7 Å². The fraction of sp³-hybridized carbons (Fsp3) is 0.444. The van der Waals surface area contributed by atoms with Gasteiger partial charge in [0.25, 0.3) is 0 Å². The molecule has 0 fully saturated rings. The quantitative estimate of drug-likeness (QED) is 0.266. The van der Waals surface area contributed by atoms with Crippen molar-refractivity contribution >= 4 is 14.3 Å². The van der Waals surface area contributed by atoms with Crippen LogP contribution in [-0.4, -0.2) is 32.6 Å². The van der Waals surface area contributed by atoms with Gasteiger partial charge in [0.05, 0.1) is 12.7 Å². The van der Waals surface area contributed by atoms with Gasteiger partial charge in [0.15, 0.2) is 8.32 Å². The summed E-state index contributed by atoms with van der Waals surface area (Å²) >= 11 is 0. The minimum atomic E-state index is -1.79. The lowest BCUT2D eigenvalue weighted by Crippen LogP contribution is -2.41. The Morgan fingerprint density at radius 2 is 1.70 bits per heavy atom. The number of ether oxygens (including phenoxy) is 2. The van der Waals surface area contributed by atoms with Crippen molar-refractivity contribution in [1.29, 1.82) is 0 Å². The predicted molar refractivity (Wildman–Crippen MR) is 133 cm³/mol. The molecule has 6 heteroatoms. The third-order valence-corrected chi connectivity index (χ3v) is 11.2. The summed E-state index contributed by atoms with van der Waals surface area (Å²) in [6.45, 7) is 12.1. The van der Waals surface area contributed by atoms with E-state index in [4.69, 9.17) is 13.9 Å². The standard InChI is InChI=1S/C27H36O5Si/c1-26(2,3)33(4,5)31-18-17-30-24-13-11-22(12-14-24)27(20-23(28)19-25(29)32-27)16-15-21-9-7-6-8-10-21/h6-14,19,28H,15-18,20H2,1-5H3. The van der Waals surface area contributed by atoms with Crippen molar-refractivity contribution in [2.75, 3.05) is 13.2 Å². The van der Waals surface area contributed by atoms with E-state index in [1.54, 1.807) is 0 Å². The van der Waals surface area contributed by atoms with Gasteiger partial charge in [0.2, 0.25) is 0 Å². The van der Waals surface area contributed by atoms with Crippen molar-refractivity contribution in [3.8, 4) is 5.75 Å². The Kier molecular flexibility index (Phi) is 7.70. The van der Waals surface area contributed by atoms with Crippen LogP contribution in [0.3, 0.4) is 0 Å². The SMILES string of the molecule is CC(C)(C)[Si](C)(C)OCCOc1ccc(C2(CCc3ccccc3)CC(O)=CC(=O)O2)cc1. The van der Waals surface area contributed by atoms with Crippen molar-refractivity contribution in [2.24, 2.45) is 0 Å². The summed E-state index contributed by atoms with van der Waals surface area (Å²) in [5.74, 6) is 0.259. The number of benzene rings is 2. The smallest absolute Gasteiger partial charge is 0.335 e. The van der Waals surface area contributed by atoms with E-state index in [-0.39, 0.29) is 17.2 Å². The topological polar surface area (TPSA) is 65.0 Å². The Bertz CT molecular complexity index is 960. The highest BCUT2D eigenvalue weighted by molar-refractivity contribution is 6.74. The molecule has 0 aromatic heterocycles. The maximum absolute atomic E-state index is 12.2. The first-order chi connectivity index (χ1) is 15.5. The average molecular weight is 469 g/mol. The molecule has 1 atom stereocenters. The van der Waals surface area contributed by atoms with Gasteiger partial charge in [-0.15, -0.1) is 0 Å². The van der Waals surface area contributed by atoms with Gasteiger partial charge in [-0.25, -0.2) is 4.79 Å². The van der Waals surface area contributed by atoms with Crippen LogP contribution in [0.2, 0.25) is 18.1 Å². The highest BCUT2D eigenvalue weighted by Crippen LogP contribution is 2.40. The van der Waals surface area contributed by atoms with Crippen molar-refractivity contribution in [3.05, 3.63) is 77.6 Å². The van der Waals surface area contributed by atoms with Crippen LogP contribution in [-0.2, 0) is 26.0 Å². The summed E-state index contributed by atoms with van der Waals surface area (Å²) < 4.78 is 17.9. The van der Waals surface area contributed by atoms with Crippen LogP contribution in [0.5, 0.6) is 5.75 Å². The first-order valence-electron chi connectivity index (χ1n) is 11.5. The zero-order valence-corrected chi connectivity index (χ0v) is 21.4. The molecule has 5 nitrogen and oxygen atoms in total. The molecule has 0 radical (unpaired) electrons. The molecule has 1 unspecified atom stereocenters. The van der Waals surface area contributed by atoms with Crippen LogP contribution < -0.4 is 4.74 Å². The minimum Gasteiger partial charge on any atom is -0.512 e. The molecule has 0 amide bonds. The number of cyclic esters (lactones) is 1. The number of hydrogen-bond donors (Lipinski definition) is 1. The van der Waals surface area contributed by atoms with Gasteiger partial charge in [0.1, 0.15) is 23.7 Å². The number of aliphatic hydroxyl groups is 1. The van der Waals surface area contributed by atoms with Crippen LogP contribution in [0.25, 0.3) is 0 Å². The number of hydrogen-bond acceptors (Lipinski definition) is 5. The number of aryl methyl sites for hydroxylation is 1. The maximum atomic E-state index is 12.2. The summed E-state index contributed by atoms with van der Waals surface area (Å²) in [4.78, 5) is 12.2. The molecule has 2 aromatic rings. The molecule has 0 bridgehead atoms. The van der Waals surface area contributed by atoms with Crippen molar-refractivity contribution in [1.82, 2.24) is 0 Å². The van der Waals surface area contributed by atoms with Gasteiger partial charge in [-0.2, -0.15) is 0 Å². The molecule has 3 rings (SSSR count). The first-order valence-corrected chi connectivity index (χ1v) is 14.5. The van der Waals surface area contributed by atoms with E-state index in [0.717, 1.165) is 29.4 Å². The Morgan fingerprint density at radius 3 is 2.30 bits per heavy atom. The Balaban J connectivity index is 1.67. The van der Waals surface area contributed by atoms with E-state index >= 15 is 0 Å². The second-order valence-corrected chi connectivity index (χ2v) is 15.0. The van der Waals surface area contributed by atoms with E-state index in [1.807, 2.05) is 42.5 Å². The molecule has 0 aliphatic carbocycles. The first kappa shape index (κ1) is 25.1. The zero-order valence-electron chi connectivity index (χ0n) is 20.4. The summed E-state index contributed by atoms with van der Waals surface area (Å²) in [5.41, 5.74) is 1.09. The van der Waals surface area contributed by atoms with Gasteiger partial charge < -0.3 is 19.0 Å². The fourth-order valence-corrected chi connectivity index (χ4v) is 4.73. The molecule has 1 N–H and O–H groups in total. The summed E-state index contributed by atoms with van der Waals surface area (Å²) in [7, 11) is -1.79. The maximum Gasteiger partial charge on any atom is 0.335 e. The molecule has 1 aliphatic rings. The van der Waals surface area contributed by atoms with Gasteiger partial charge in [0, 0.05) is 6.42 Å². The number of carbonyl (C=O) groups excluding carboxylic acids is 1. The van der Waals surface area contributed by atoms with Crippen molar-refractivity contribution in [2.45, 2.75) is 63.8 Å². The molecular weight excluding hydrogens is 432 g/mol. The summed E-state index contributed by atoms with van der Waals surface area (Å²) in [6.07, 6.45) is 2.71. The Morgan fingerprint density at radius 1 is 1.03 bits per heavy atom. The van der Waals surface area contributed by atoms with E-state index in [2.05, 4.69) is 46.0 Å². The van der Waals surface area contributed by atoms with E-state index in [1.165, 1.54) is 0 Å². The van der Waals surface area contributed by atoms with E-state index < -0.39 is 19.9 Å². The van der Waals surface area contributed by atoms with Crippen LogP contribution in [0.15, 0.2) is 66.4 Å². The lowest BCUT2D eigenvalue weighted by atomic mass is 9.82. The molecule has 1 aliphatic heterocycles. The Hall–Kier alpha value is -2.57. The molecule has 0 saturated carbocycles. The largest absolute Gasteiger partial charge is 0.512 e. The Labute approximate surface area is 198 Å². The van der Waals surface area contributed by atoms with Crippen LogP contribution >= 0.6 is 0 Å². The van der Waals surface area contributed by atoms with Gasteiger partial charge >= 0.3 is 5.97 Å². The lowest BCUT2D eigenvalue weighted by molar-refractivity contribution is -0.159. The molecule has 0 spiro atoms. The molecule has 1 heterocycles. The van der Waals surface area contributed by atoms with Gasteiger partial charge in [-0.1, -0.05) is 63.2 Å². The van der Waals surface area contributed by atoms with E-state index in [0.29, 0.717) is 19.6 Å². The third kappa shape index (κ3) is 6.48. The minimum absolute atomic E-state index is 0.0439. The van der Waals surface area contributed by atoms with Crippen LogP contribution in [0.4, 0.5) is 0 Å². The van der Waals surface area contributed by atoms with Crippen molar-refractivity contribution in [3.63, 3.8) is 0 Å². The van der Waals surface area contributed by atoms with Crippen molar-refractivity contribution < 1.29 is 23.8 Å². The molecule has 0 saturated heterocycles. The monoisotopic (exact) mass is 468 g/mol. The fourth-order valence-electron chi connectivity index (χ4n) is 3.70. The third-order valence-electron chi connectivity index (χ3n) is 6.71. The lowest BCUT2D eigenvalue weighted by Gasteiger charge is -2.36. The highest BCUT2D eigenvalue weighted by Gasteiger charge is 2.40. The highest BCUT2D eigenvalue weighted by atomic mass is 28.4. The average Bonchev–Trinajstić information content (AvgIpc) is 2.75. The number of esters is 1. The number of rotatable bonds is 9. The molecule has 2 aromatic carbocycles. The van der Waals surface area contributed by atoms with Gasteiger partial charge in [-0.05, 0) is 54.2 Å². The summed E-state index contributed by atoms with van der Waals surface area (Å²) in [5, 5.41) is 10.4. The summed E-state index contributed by atoms with van der Waals surface area (Å²) in [6, 6.07) is 17.7.